The minimum absolute atomic E-state index is 0. The maximum atomic E-state index is 12.1. The molecule has 144 valence electrons. The first-order chi connectivity index (χ1) is 12.2. The van der Waals surface area contributed by atoms with Gasteiger partial charge in [0.1, 0.15) is 5.69 Å². The number of aromatic amines is 1. The maximum absolute atomic E-state index is 12.1. The van der Waals surface area contributed by atoms with E-state index in [1.54, 1.807) is 33.5 Å². The fourth-order valence-electron chi connectivity index (χ4n) is 2.24. The summed E-state index contributed by atoms with van der Waals surface area (Å²) in [6.07, 6.45) is 0. The van der Waals surface area contributed by atoms with Gasteiger partial charge in [-0.15, -0.1) is 12.4 Å². The lowest BCUT2D eigenvalue weighted by molar-refractivity contribution is 0.0948. The number of H-pyrrole nitrogens is 1. The highest BCUT2D eigenvalue weighted by Crippen LogP contribution is 2.31. The van der Waals surface area contributed by atoms with Crippen molar-refractivity contribution in [1.29, 1.82) is 0 Å². The standard InChI is InChI=1S/C17H24N4O4.ClH/c1-23-9-8-18-6-7-19-17(22)14-11-13(20-21-14)12-4-5-15(24-2)16(10-12)25-3;/h4-5,10-11,18H,6-9H2,1-3H3,(H,19,22)(H,20,21);1H. The topological polar surface area (TPSA) is 97.5 Å². The van der Waals surface area contributed by atoms with Crippen LogP contribution in [0.25, 0.3) is 11.3 Å². The zero-order chi connectivity index (χ0) is 18.1. The van der Waals surface area contributed by atoms with Crippen molar-refractivity contribution >= 4 is 18.3 Å². The van der Waals surface area contributed by atoms with Gasteiger partial charge in [0.25, 0.3) is 5.91 Å². The normalized spacial score (nSPS) is 10.1. The summed E-state index contributed by atoms with van der Waals surface area (Å²) in [6, 6.07) is 7.18. The van der Waals surface area contributed by atoms with E-state index < -0.39 is 0 Å². The molecule has 0 unspecified atom stereocenters. The Bertz CT molecular complexity index is 693. The first-order valence-electron chi connectivity index (χ1n) is 7.95. The van der Waals surface area contributed by atoms with Crippen LogP contribution >= 0.6 is 12.4 Å². The molecule has 8 nitrogen and oxygen atoms in total. The number of hydrogen-bond acceptors (Lipinski definition) is 6. The van der Waals surface area contributed by atoms with E-state index in [1.807, 2.05) is 12.1 Å². The monoisotopic (exact) mass is 384 g/mol. The van der Waals surface area contributed by atoms with Crippen LogP contribution in [0, 0.1) is 0 Å². The van der Waals surface area contributed by atoms with E-state index in [1.165, 1.54) is 0 Å². The largest absolute Gasteiger partial charge is 0.493 e. The first kappa shape index (κ1) is 21.8. The highest BCUT2D eigenvalue weighted by molar-refractivity contribution is 5.93. The van der Waals surface area contributed by atoms with Gasteiger partial charge in [-0.3, -0.25) is 9.89 Å². The van der Waals surface area contributed by atoms with Crippen LogP contribution in [-0.4, -0.2) is 63.7 Å². The van der Waals surface area contributed by atoms with Gasteiger partial charge in [-0.1, -0.05) is 0 Å². The van der Waals surface area contributed by atoms with Gasteiger partial charge in [-0.25, -0.2) is 0 Å². The molecule has 26 heavy (non-hydrogen) atoms. The van der Waals surface area contributed by atoms with Gasteiger partial charge in [0.2, 0.25) is 0 Å². The second-order valence-electron chi connectivity index (χ2n) is 5.24. The molecule has 9 heteroatoms. The molecule has 0 atom stereocenters. The van der Waals surface area contributed by atoms with Gasteiger partial charge in [0.15, 0.2) is 11.5 Å². The molecular formula is C17H25ClN4O4. The predicted molar refractivity (Wildman–Crippen MR) is 101 cm³/mol. The molecule has 0 fully saturated rings. The number of benzene rings is 1. The van der Waals surface area contributed by atoms with Crippen LogP contribution in [0.1, 0.15) is 10.5 Å². The fraction of sp³-hybridized carbons (Fsp3) is 0.412. The van der Waals surface area contributed by atoms with Crippen LogP contribution in [0.15, 0.2) is 24.3 Å². The Morgan fingerprint density at radius 2 is 1.85 bits per heavy atom. The SMILES string of the molecule is COCCNCCNC(=O)c1cc(-c2ccc(OC)c(OC)c2)n[nH]1.Cl. The highest BCUT2D eigenvalue weighted by atomic mass is 35.5. The van der Waals surface area contributed by atoms with Crippen LogP contribution in [0.5, 0.6) is 11.5 Å². The molecule has 0 aliphatic rings. The minimum Gasteiger partial charge on any atom is -0.493 e. The Labute approximate surface area is 159 Å². The number of methoxy groups -OCH3 is 3. The van der Waals surface area contributed by atoms with Gasteiger partial charge < -0.3 is 24.8 Å². The fourth-order valence-corrected chi connectivity index (χ4v) is 2.24. The van der Waals surface area contributed by atoms with E-state index in [4.69, 9.17) is 14.2 Å². The van der Waals surface area contributed by atoms with Crippen LogP contribution in [0.4, 0.5) is 0 Å². The zero-order valence-corrected chi connectivity index (χ0v) is 15.9. The molecule has 1 heterocycles. The first-order valence-corrected chi connectivity index (χ1v) is 7.95. The number of ether oxygens (including phenoxy) is 3. The van der Waals surface area contributed by atoms with Gasteiger partial charge in [0.05, 0.1) is 26.5 Å². The average Bonchev–Trinajstić information content (AvgIpc) is 3.14. The molecule has 1 amide bonds. The number of nitrogens with zero attached hydrogens (tertiary/aromatic N) is 1. The van der Waals surface area contributed by atoms with Gasteiger partial charge >= 0.3 is 0 Å². The molecule has 0 saturated heterocycles. The summed E-state index contributed by atoms with van der Waals surface area (Å²) >= 11 is 0. The average molecular weight is 385 g/mol. The predicted octanol–water partition coefficient (Wildman–Crippen LogP) is 1.48. The zero-order valence-electron chi connectivity index (χ0n) is 15.1. The lowest BCUT2D eigenvalue weighted by Gasteiger charge is -2.08. The van der Waals surface area contributed by atoms with Crippen LogP contribution in [-0.2, 0) is 4.74 Å². The Kier molecular flexibility index (Phi) is 9.50. The van der Waals surface area contributed by atoms with Crippen molar-refractivity contribution in [2.24, 2.45) is 0 Å². The summed E-state index contributed by atoms with van der Waals surface area (Å²) in [4.78, 5) is 12.1. The number of amides is 1. The van der Waals surface area contributed by atoms with Crippen LogP contribution in [0.3, 0.4) is 0 Å². The number of aromatic nitrogens is 2. The highest BCUT2D eigenvalue weighted by Gasteiger charge is 2.12. The number of rotatable bonds is 10. The van der Waals surface area contributed by atoms with Crippen molar-refractivity contribution in [1.82, 2.24) is 20.8 Å². The van der Waals surface area contributed by atoms with Crippen molar-refractivity contribution in [2.75, 3.05) is 47.6 Å². The van der Waals surface area contributed by atoms with Crippen molar-refractivity contribution < 1.29 is 19.0 Å². The van der Waals surface area contributed by atoms with Gasteiger partial charge in [-0.2, -0.15) is 5.10 Å². The number of halogens is 1. The van der Waals surface area contributed by atoms with Crippen molar-refractivity contribution in [2.45, 2.75) is 0 Å². The summed E-state index contributed by atoms with van der Waals surface area (Å²) in [5.74, 6) is 1.05. The molecular weight excluding hydrogens is 360 g/mol. The second kappa shape index (κ2) is 11.3. The third-order valence-electron chi connectivity index (χ3n) is 3.57. The minimum atomic E-state index is -0.201. The molecule has 3 N–H and O–H groups in total. The molecule has 1 aromatic carbocycles. The lowest BCUT2D eigenvalue weighted by atomic mass is 10.1. The molecule has 0 spiro atoms. The smallest absolute Gasteiger partial charge is 0.269 e. The quantitative estimate of drug-likeness (QED) is 0.537. The number of carbonyl (C=O) groups is 1. The Hall–Kier alpha value is -2.29. The number of hydrogen-bond donors (Lipinski definition) is 3. The lowest BCUT2D eigenvalue weighted by Crippen LogP contribution is -2.33. The molecule has 0 saturated carbocycles. The Morgan fingerprint density at radius 3 is 2.54 bits per heavy atom. The Balaban J connectivity index is 0.00000338. The summed E-state index contributed by atoms with van der Waals surface area (Å²) in [5, 5.41) is 12.9. The second-order valence-corrected chi connectivity index (χ2v) is 5.24. The molecule has 0 bridgehead atoms. The maximum Gasteiger partial charge on any atom is 0.269 e. The molecule has 0 radical (unpaired) electrons. The molecule has 0 aliphatic carbocycles. The molecule has 2 aromatic rings. The summed E-state index contributed by atoms with van der Waals surface area (Å²) in [5.41, 5.74) is 1.89. The molecule has 1 aromatic heterocycles. The summed E-state index contributed by atoms with van der Waals surface area (Å²) in [6.45, 7) is 2.59. The third-order valence-corrected chi connectivity index (χ3v) is 3.57. The molecule has 2 rings (SSSR count). The number of carbonyl (C=O) groups excluding carboxylic acids is 1. The van der Waals surface area contributed by atoms with Crippen molar-refractivity contribution in [3.05, 3.63) is 30.0 Å². The van der Waals surface area contributed by atoms with Crippen molar-refractivity contribution in [3.8, 4) is 22.8 Å². The van der Waals surface area contributed by atoms with Gasteiger partial charge in [-0.05, 0) is 24.3 Å². The van der Waals surface area contributed by atoms with Crippen molar-refractivity contribution in [3.63, 3.8) is 0 Å². The molecule has 0 aliphatic heterocycles. The third kappa shape index (κ3) is 5.91. The van der Waals surface area contributed by atoms with Gasteiger partial charge in [0, 0.05) is 32.3 Å². The number of nitrogens with one attached hydrogen (secondary N) is 3. The van der Waals surface area contributed by atoms with Crippen LogP contribution in [0.2, 0.25) is 0 Å². The summed E-state index contributed by atoms with van der Waals surface area (Å²) in [7, 11) is 4.81. The van der Waals surface area contributed by atoms with E-state index in [0.717, 1.165) is 12.1 Å². The van der Waals surface area contributed by atoms with Crippen LogP contribution < -0.4 is 20.1 Å². The van der Waals surface area contributed by atoms with E-state index in [0.29, 0.717) is 42.6 Å². The van der Waals surface area contributed by atoms with E-state index in [9.17, 15) is 4.79 Å². The van der Waals surface area contributed by atoms with E-state index >= 15 is 0 Å². The van der Waals surface area contributed by atoms with E-state index in [2.05, 4.69) is 20.8 Å². The Morgan fingerprint density at radius 1 is 1.08 bits per heavy atom. The summed E-state index contributed by atoms with van der Waals surface area (Å²) < 4.78 is 15.4. The van der Waals surface area contributed by atoms with E-state index in [-0.39, 0.29) is 18.3 Å².